The van der Waals surface area contributed by atoms with E-state index in [-0.39, 0.29) is 24.3 Å². The molecule has 1 atom stereocenters. The highest BCUT2D eigenvalue weighted by atomic mass is 16.5. The first-order chi connectivity index (χ1) is 8.63. The molecule has 102 valence electrons. The summed E-state index contributed by atoms with van der Waals surface area (Å²) in [6.45, 7) is 2.99. The maximum atomic E-state index is 11.6. The quantitative estimate of drug-likeness (QED) is 0.399. The second-order valence-corrected chi connectivity index (χ2v) is 3.94. The van der Waals surface area contributed by atoms with Gasteiger partial charge in [0.25, 0.3) is 0 Å². The zero-order valence-electron chi connectivity index (χ0n) is 10.5. The van der Waals surface area contributed by atoms with E-state index in [0.717, 1.165) is 0 Å². The fraction of sp³-hybridized carbons (Fsp3) is 0.727. The Bertz CT molecular complexity index is 309. The Morgan fingerprint density at radius 2 is 2.28 bits per heavy atom. The van der Waals surface area contributed by atoms with Gasteiger partial charge in [-0.2, -0.15) is 0 Å². The number of esters is 1. The predicted molar refractivity (Wildman–Crippen MR) is 63.7 cm³/mol. The van der Waals surface area contributed by atoms with Crippen molar-refractivity contribution in [3.63, 3.8) is 0 Å². The Balaban J connectivity index is 2.10. The molecule has 0 aliphatic carbocycles. The zero-order chi connectivity index (χ0) is 13.4. The summed E-state index contributed by atoms with van der Waals surface area (Å²) < 4.78 is 4.77. The van der Waals surface area contributed by atoms with Crippen LogP contribution in [-0.4, -0.2) is 50.1 Å². The van der Waals surface area contributed by atoms with Gasteiger partial charge in [0.05, 0.1) is 13.2 Å². The Morgan fingerprint density at radius 1 is 1.50 bits per heavy atom. The highest BCUT2D eigenvalue weighted by molar-refractivity contribution is 5.86. The minimum Gasteiger partial charge on any atom is -0.466 e. The monoisotopic (exact) mass is 257 g/mol. The topological polar surface area (TPSA) is 96.5 Å². The maximum absolute atomic E-state index is 11.6. The first-order valence-electron chi connectivity index (χ1n) is 6.07. The van der Waals surface area contributed by atoms with Crippen molar-refractivity contribution in [2.75, 3.05) is 26.2 Å². The Kier molecular flexibility index (Phi) is 6.13. The van der Waals surface area contributed by atoms with Crippen LogP contribution in [0, 0.1) is 0 Å². The fourth-order valence-corrected chi connectivity index (χ4v) is 1.55. The van der Waals surface area contributed by atoms with Crippen LogP contribution in [0.5, 0.6) is 0 Å². The molecule has 1 saturated heterocycles. The van der Waals surface area contributed by atoms with Gasteiger partial charge in [0.2, 0.25) is 11.8 Å². The maximum Gasteiger partial charge on any atom is 0.305 e. The van der Waals surface area contributed by atoms with Crippen LogP contribution in [0.2, 0.25) is 0 Å². The van der Waals surface area contributed by atoms with E-state index in [1.807, 2.05) is 0 Å². The molecule has 18 heavy (non-hydrogen) atoms. The van der Waals surface area contributed by atoms with E-state index < -0.39 is 6.04 Å². The Morgan fingerprint density at radius 3 is 2.89 bits per heavy atom. The molecule has 1 rings (SSSR count). The van der Waals surface area contributed by atoms with Gasteiger partial charge in [0.1, 0.15) is 6.04 Å². The lowest BCUT2D eigenvalue weighted by atomic mass is 10.2. The van der Waals surface area contributed by atoms with Gasteiger partial charge in [-0.25, -0.2) is 0 Å². The average molecular weight is 257 g/mol. The second-order valence-electron chi connectivity index (χ2n) is 3.94. The minimum atomic E-state index is -0.398. The Labute approximate surface area is 106 Å². The van der Waals surface area contributed by atoms with Gasteiger partial charge in [0, 0.05) is 19.5 Å². The summed E-state index contributed by atoms with van der Waals surface area (Å²) in [5.41, 5.74) is 0. The van der Waals surface area contributed by atoms with Gasteiger partial charge in [-0.05, 0) is 13.3 Å². The molecule has 0 aromatic heterocycles. The molecule has 3 N–H and O–H groups in total. The van der Waals surface area contributed by atoms with Crippen LogP contribution in [0.3, 0.4) is 0 Å². The van der Waals surface area contributed by atoms with Crippen LogP contribution < -0.4 is 16.0 Å². The van der Waals surface area contributed by atoms with Crippen molar-refractivity contribution in [3.8, 4) is 0 Å². The highest BCUT2D eigenvalue weighted by Gasteiger charge is 2.23. The van der Waals surface area contributed by atoms with Crippen molar-refractivity contribution in [3.05, 3.63) is 0 Å². The normalized spacial score (nSPS) is 18.9. The van der Waals surface area contributed by atoms with Crippen molar-refractivity contribution in [2.24, 2.45) is 0 Å². The molecule has 7 heteroatoms. The fourth-order valence-electron chi connectivity index (χ4n) is 1.55. The third-order valence-electron chi connectivity index (χ3n) is 2.49. The molecule has 7 nitrogen and oxygen atoms in total. The SMILES string of the molecule is CCOC(=O)CCCNC(=O)C1CNC(=O)CN1. The van der Waals surface area contributed by atoms with E-state index in [0.29, 0.717) is 32.5 Å². The van der Waals surface area contributed by atoms with E-state index in [1.165, 1.54) is 0 Å². The molecule has 0 spiro atoms. The first-order valence-corrected chi connectivity index (χ1v) is 6.07. The van der Waals surface area contributed by atoms with Crippen molar-refractivity contribution < 1.29 is 19.1 Å². The molecule has 1 unspecified atom stereocenters. The summed E-state index contributed by atoms with van der Waals surface area (Å²) in [5.74, 6) is -0.532. The van der Waals surface area contributed by atoms with Crippen molar-refractivity contribution in [1.82, 2.24) is 16.0 Å². The van der Waals surface area contributed by atoms with Crippen molar-refractivity contribution in [2.45, 2.75) is 25.8 Å². The average Bonchev–Trinajstić information content (AvgIpc) is 2.35. The predicted octanol–water partition coefficient (Wildman–Crippen LogP) is -1.47. The third kappa shape index (κ3) is 5.13. The zero-order valence-corrected chi connectivity index (χ0v) is 10.5. The largest absolute Gasteiger partial charge is 0.466 e. The van der Waals surface area contributed by atoms with E-state index in [2.05, 4.69) is 16.0 Å². The number of carbonyl (C=O) groups is 3. The van der Waals surface area contributed by atoms with Crippen LogP contribution in [0.15, 0.2) is 0 Å². The van der Waals surface area contributed by atoms with Crippen LogP contribution >= 0.6 is 0 Å². The number of hydrogen-bond acceptors (Lipinski definition) is 5. The van der Waals surface area contributed by atoms with Gasteiger partial charge in [-0.1, -0.05) is 0 Å². The summed E-state index contributed by atoms with van der Waals surface area (Å²) in [6, 6.07) is -0.398. The molecule has 0 bridgehead atoms. The first kappa shape index (κ1) is 14.4. The van der Waals surface area contributed by atoms with Crippen LogP contribution in [0.25, 0.3) is 0 Å². The van der Waals surface area contributed by atoms with Crippen LogP contribution in [-0.2, 0) is 19.1 Å². The molecule has 0 aromatic carbocycles. The molecular weight excluding hydrogens is 238 g/mol. The standard InChI is InChI=1S/C11H19N3O4/c1-2-18-10(16)4-3-5-12-11(17)8-6-14-9(15)7-13-8/h8,13H,2-7H2,1H3,(H,12,17)(H,14,15). The van der Waals surface area contributed by atoms with Gasteiger partial charge in [0.15, 0.2) is 0 Å². The van der Waals surface area contributed by atoms with Crippen LogP contribution in [0.1, 0.15) is 19.8 Å². The molecule has 0 radical (unpaired) electrons. The number of piperazine rings is 1. The lowest BCUT2D eigenvalue weighted by Crippen LogP contribution is -2.58. The van der Waals surface area contributed by atoms with E-state index >= 15 is 0 Å². The molecule has 0 aromatic rings. The van der Waals surface area contributed by atoms with Gasteiger partial charge < -0.3 is 15.4 Å². The van der Waals surface area contributed by atoms with Crippen molar-refractivity contribution in [1.29, 1.82) is 0 Å². The lowest BCUT2D eigenvalue weighted by Gasteiger charge is -2.23. The lowest BCUT2D eigenvalue weighted by molar-refractivity contribution is -0.143. The summed E-state index contributed by atoms with van der Waals surface area (Å²) >= 11 is 0. The number of amides is 2. The van der Waals surface area contributed by atoms with E-state index in [4.69, 9.17) is 4.74 Å². The number of carbonyl (C=O) groups excluding carboxylic acids is 3. The van der Waals surface area contributed by atoms with Gasteiger partial charge in [-0.15, -0.1) is 0 Å². The molecular formula is C11H19N3O4. The highest BCUT2D eigenvalue weighted by Crippen LogP contribution is 1.93. The van der Waals surface area contributed by atoms with Crippen LogP contribution in [0.4, 0.5) is 0 Å². The number of hydrogen-bond donors (Lipinski definition) is 3. The molecule has 1 aliphatic rings. The molecule has 2 amide bonds. The molecule has 1 fully saturated rings. The molecule has 1 heterocycles. The minimum absolute atomic E-state index is 0.110. The molecule has 0 saturated carbocycles. The number of ether oxygens (including phenoxy) is 1. The van der Waals surface area contributed by atoms with Gasteiger partial charge >= 0.3 is 5.97 Å². The smallest absolute Gasteiger partial charge is 0.305 e. The number of rotatable bonds is 6. The summed E-state index contributed by atoms with van der Waals surface area (Å²) in [7, 11) is 0. The van der Waals surface area contributed by atoms with E-state index in [1.54, 1.807) is 6.92 Å². The number of nitrogens with one attached hydrogen (secondary N) is 3. The third-order valence-corrected chi connectivity index (χ3v) is 2.49. The summed E-state index contributed by atoms with van der Waals surface area (Å²) in [6.07, 6.45) is 0.840. The van der Waals surface area contributed by atoms with Crippen molar-refractivity contribution >= 4 is 17.8 Å². The Hall–Kier alpha value is -1.63. The van der Waals surface area contributed by atoms with E-state index in [9.17, 15) is 14.4 Å². The second kappa shape index (κ2) is 7.65. The summed E-state index contributed by atoms with van der Waals surface area (Å²) in [5, 5.41) is 8.13. The summed E-state index contributed by atoms with van der Waals surface area (Å²) in [4.78, 5) is 33.5. The van der Waals surface area contributed by atoms with Gasteiger partial charge in [-0.3, -0.25) is 19.7 Å². The molecule has 1 aliphatic heterocycles.